The number of benzene rings is 2. The largest absolute Gasteiger partial charge is 0.306 e. The summed E-state index contributed by atoms with van der Waals surface area (Å²) < 4.78 is 14.1. The number of H-pyrrole nitrogens is 1. The average molecular weight is 354 g/mol. The van der Waals surface area contributed by atoms with Gasteiger partial charge in [-0.05, 0) is 40.2 Å². The molecule has 0 aliphatic rings. The fraction of sp³-hybridized carbons (Fsp3) is 0. The van der Waals surface area contributed by atoms with Crippen LogP contribution < -0.4 is 5.56 Å². The average Bonchev–Trinajstić information content (AvgIpc) is 2.44. The number of fused-ring (bicyclic) bond motifs is 1. The maximum atomic E-state index is 13.7. The van der Waals surface area contributed by atoms with E-state index in [2.05, 4.69) is 25.9 Å². The molecule has 0 amide bonds. The molecule has 1 heterocycles. The van der Waals surface area contributed by atoms with Crippen LogP contribution in [0, 0.1) is 5.82 Å². The summed E-state index contributed by atoms with van der Waals surface area (Å²) in [7, 11) is 0. The van der Waals surface area contributed by atoms with Crippen LogP contribution in [-0.2, 0) is 0 Å². The molecule has 0 bridgehead atoms. The van der Waals surface area contributed by atoms with Gasteiger partial charge in [-0.3, -0.25) is 4.79 Å². The summed E-state index contributed by atoms with van der Waals surface area (Å²) in [5, 5.41) is 0.488. The van der Waals surface area contributed by atoms with Gasteiger partial charge >= 0.3 is 0 Å². The van der Waals surface area contributed by atoms with E-state index in [0.717, 1.165) is 0 Å². The summed E-state index contributed by atoms with van der Waals surface area (Å²) in [5.41, 5.74) is 0.733. The fourth-order valence-corrected chi connectivity index (χ4v) is 2.46. The van der Waals surface area contributed by atoms with Gasteiger partial charge in [-0.2, -0.15) is 0 Å². The van der Waals surface area contributed by atoms with Crippen molar-refractivity contribution >= 4 is 38.4 Å². The Hall–Kier alpha value is -1.72. The van der Waals surface area contributed by atoms with Crippen molar-refractivity contribution in [2.24, 2.45) is 0 Å². The zero-order valence-electron chi connectivity index (χ0n) is 9.95. The highest BCUT2D eigenvalue weighted by Crippen LogP contribution is 2.30. The third-order valence-corrected chi connectivity index (χ3v) is 4.11. The summed E-state index contributed by atoms with van der Waals surface area (Å²) in [5.74, 6) is -0.281. The van der Waals surface area contributed by atoms with Gasteiger partial charge in [-0.1, -0.05) is 23.7 Å². The number of aromatic nitrogens is 2. The summed E-state index contributed by atoms with van der Waals surface area (Å²) in [6.07, 6.45) is 0. The van der Waals surface area contributed by atoms with E-state index in [1.165, 1.54) is 6.07 Å². The minimum atomic E-state index is -0.577. The number of halogens is 3. The van der Waals surface area contributed by atoms with Crippen LogP contribution in [0.1, 0.15) is 0 Å². The number of nitrogens with one attached hydrogen (secondary N) is 1. The number of rotatable bonds is 1. The van der Waals surface area contributed by atoms with Gasteiger partial charge in [-0.15, -0.1) is 0 Å². The summed E-state index contributed by atoms with van der Waals surface area (Å²) in [6, 6.07) is 9.81. The van der Waals surface area contributed by atoms with Gasteiger partial charge in [0.15, 0.2) is 0 Å². The second-order valence-electron chi connectivity index (χ2n) is 4.19. The van der Waals surface area contributed by atoms with E-state index in [9.17, 15) is 9.18 Å². The van der Waals surface area contributed by atoms with Crippen LogP contribution in [0.15, 0.2) is 45.7 Å². The first-order valence-electron chi connectivity index (χ1n) is 5.70. The molecule has 0 fully saturated rings. The zero-order chi connectivity index (χ0) is 14.3. The predicted molar refractivity (Wildman–Crippen MR) is 80.5 cm³/mol. The van der Waals surface area contributed by atoms with Crippen molar-refractivity contribution in [3.05, 3.63) is 62.1 Å². The highest BCUT2D eigenvalue weighted by molar-refractivity contribution is 9.10. The van der Waals surface area contributed by atoms with E-state index in [1.807, 2.05) is 0 Å². The zero-order valence-corrected chi connectivity index (χ0v) is 12.3. The highest BCUT2D eigenvalue weighted by atomic mass is 79.9. The minimum Gasteiger partial charge on any atom is -0.306 e. The highest BCUT2D eigenvalue weighted by Gasteiger charge is 2.11. The van der Waals surface area contributed by atoms with Crippen molar-refractivity contribution in [2.45, 2.75) is 0 Å². The number of hydrogen-bond donors (Lipinski definition) is 1. The van der Waals surface area contributed by atoms with Crippen molar-refractivity contribution in [2.75, 3.05) is 0 Å². The molecule has 1 N–H and O–H groups in total. The van der Waals surface area contributed by atoms with Crippen molar-refractivity contribution in [1.82, 2.24) is 9.97 Å². The molecule has 100 valence electrons. The van der Waals surface area contributed by atoms with Crippen LogP contribution in [0.2, 0.25) is 5.02 Å². The molecule has 0 radical (unpaired) electrons. The Morgan fingerprint density at radius 3 is 2.75 bits per heavy atom. The standard InChI is InChI=1S/C14H7BrClFN2O/c15-9-5-7(6-10(17)12(9)16)13-18-11-4-2-1-3-8(11)14(20)19-13/h1-6H,(H,18,19,20). The molecule has 3 nitrogen and oxygen atoms in total. The summed E-state index contributed by atoms with van der Waals surface area (Å²) >= 11 is 8.92. The molecule has 0 saturated carbocycles. The van der Waals surface area contributed by atoms with Gasteiger partial charge in [-0.25, -0.2) is 9.37 Å². The second kappa shape index (κ2) is 5.00. The lowest BCUT2D eigenvalue weighted by Gasteiger charge is -2.05. The quantitative estimate of drug-likeness (QED) is 0.668. The SMILES string of the molecule is O=c1[nH]c(-c2cc(F)c(Cl)c(Br)c2)nc2ccccc12. The lowest BCUT2D eigenvalue weighted by molar-refractivity contribution is 0.627. The Morgan fingerprint density at radius 1 is 1.25 bits per heavy atom. The third kappa shape index (κ3) is 2.23. The maximum Gasteiger partial charge on any atom is 0.259 e. The summed E-state index contributed by atoms with van der Waals surface area (Å²) in [6.45, 7) is 0. The molecule has 3 rings (SSSR count). The molecule has 0 unspecified atom stereocenters. The van der Waals surface area contributed by atoms with Crippen LogP contribution in [0.4, 0.5) is 4.39 Å². The minimum absolute atomic E-state index is 0.00288. The van der Waals surface area contributed by atoms with Crippen LogP contribution in [0.5, 0.6) is 0 Å². The van der Waals surface area contributed by atoms with Gasteiger partial charge < -0.3 is 4.98 Å². The number of para-hydroxylation sites is 1. The molecule has 20 heavy (non-hydrogen) atoms. The van der Waals surface area contributed by atoms with E-state index in [-0.39, 0.29) is 10.6 Å². The Balaban J connectivity index is 2.27. The fourth-order valence-electron chi connectivity index (χ4n) is 1.92. The van der Waals surface area contributed by atoms with Gasteiger partial charge in [0.2, 0.25) is 0 Å². The number of aromatic amines is 1. The van der Waals surface area contributed by atoms with E-state index in [1.54, 1.807) is 30.3 Å². The third-order valence-electron chi connectivity index (χ3n) is 2.87. The topological polar surface area (TPSA) is 45.8 Å². The first-order chi connectivity index (χ1) is 9.56. The normalized spacial score (nSPS) is 10.9. The van der Waals surface area contributed by atoms with Crippen LogP contribution >= 0.6 is 27.5 Å². The molecule has 0 aliphatic heterocycles. The van der Waals surface area contributed by atoms with Gasteiger partial charge in [0.05, 0.1) is 15.9 Å². The lowest BCUT2D eigenvalue weighted by atomic mass is 10.2. The van der Waals surface area contributed by atoms with E-state index >= 15 is 0 Å². The molecule has 2 aromatic carbocycles. The first kappa shape index (κ1) is 13.3. The van der Waals surface area contributed by atoms with Gasteiger partial charge in [0.25, 0.3) is 5.56 Å². The number of nitrogens with zero attached hydrogens (tertiary/aromatic N) is 1. The molecule has 0 aliphatic carbocycles. The second-order valence-corrected chi connectivity index (χ2v) is 5.42. The maximum absolute atomic E-state index is 13.7. The Labute approximate surface area is 126 Å². The van der Waals surface area contributed by atoms with Crippen molar-refractivity contribution in [3.63, 3.8) is 0 Å². The predicted octanol–water partition coefficient (Wildman–Crippen LogP) is 4.15. The molecule has 0 spiro atoms. The number of hydrogen-bond acceptors (Lipinski definition) is 2. The lowest BCUT2D eigenvalue weighted by Crippen LogP contribution is -2.09. The Kier molecular flexibility index (Phi) is 3.31. The molecule has 0 saturated heterocycles. The van der Waals surface area contributed by atoms with E-state index in [0.29, 0.717) is 26.8 Å². The molecular formula is C14H7BrClFN2O. The van der Waals surface area contributed by atoms with Crippen molar-refractivity contribution in [3.8, 4) is 11.4 Å². The van der Waals surface area contributed by atoms with Crippen LogP contribution in [0.25, 0.3) is 22.3 Å². The van der Waals surface area contributed by atoms with Gasteiger partial charge in [0, 0.05) is 10.0 Å². The van der Waals surface area contributed by atoms with Crippen LogP contribution in [-0.4, -0.2) is 9.97 Å². The molecular weight excluding hydrogens is 347 g/mol. The van der Waals surface area contributed by atoms with Gasteiger partial charge in [0.1, 0.15) is 11.6 Å². The Bertz CT molecular complexity index is 855. The molecule has 1 aromatic heterocycles. The Morgan fingerprint density at radius 2 is 2.00 bits per heavy atom. The summed E-state index contributed by atoms with van der Waals surface area (Å²) in [4.78, 5) is 19.0. The van der Waals surface area contributed by atoms with Crippen molar-refractivity contribution in [1.29, 1.82) is 0 Å². The van der Waals surface area contributed by atoms with Crippen molar-refractivity contribution < 1.29 is 4.39 Å². The first-order valence-corrected chi connectivity index (χ1v) is 6.87. The van der Waals surface area contributed by atoms with E-state index in [4.69, 9.17) is 11.6 Å². The molecule has 0 atom stereocenters. The molecule has 6 heteroatoms. The smallest absolute Gasteiger partial charge is 0.259 e. The van der Waals surface area contributed by atoms with Crippen LogP contribution in [0.3, 0.4) is 0 Å². The molecule has 3 aromatic rings. The van der Waals surface area contributed by atoms with E-state index < -0.39 is 5.82 Å². The monoisotopic (exact) mass is 352 g/mol.